The fourth-order valence-corrected chi connectivity index (χ4v) is 1.75. The molecule has 0 atom stereocenters. The van der Waals surface area contributed by atoms with Crippen molar-refractivity contribution in [2.24, 2.45) is 11.6 Å². The van der Waals surface area contributed by atoms with Crippen molar-refractivity contribution >= 4 is 11.7 Å². The average molecular weight is 259 g/mol. The molecule has 1 aliphatic carbocycles. The SMILES string of the molecule is NNc1cc(-n2ccc(C(N)=O)n2)nc(C2CC2)n1. The molecular weight excluding hydrogens is 246 g/mol. The summed E-state index contributed by atoms with van der Waals surface area (Å²) in [4.78, 5) is 19.8. The number of amides is 1. The van der Waals surface area contributed by atoms with Crippen LogP contribution in [-0.2, 0) is 0 Å². The Labute approximate surface area is 108 Å². The normalized spacial score (nSPS) is 14.4. The van der Waals surface area contributed by atoms with Gasteiger partial charge in [-0.15, -0.1) is 0 Å². The van der Waals surface area contributed by atoms with Gasteiger partial charge in [0.05, 0.1) is 0 Å². The van der Waals surface area contributed by atoms with Crippen LogP contribution < -0.4 is 17.0 Å². The molecule has 0 saturated heterocycles. The third-order valence-corrected chi connectivity index (χ3v) is 2.90. The summed E-state index contributed by atoms with van der Waals surface area (Å²) in [6.45, 7) is 0. The maximum absolute atomic E-state index is 11.0. The first kappa shape index (κ1) is 11.6. The number of nitrogens with zero attached hydrogens (tertiary/aromatic N) is 4. The van der Waals surface area contributed by atoms with Crippen molar-refractivity contribution in [3.05, 3.63) is 29.8 Å². The molecule has 3 rings (SSSR count). The Kier molecular flexibility index (Phi) is 2.64. The number of nitrogens with two attached hydrogens (primary N) is 2. The minimum absolute atomic E-state index is 0.189. The Bertz CT molecular complexity index is 632. The zero-order valence-electron chi connectivity index (χ0n) is 10.1. The Morgan fingerprint density at radius 3 is 2.79 bits per heavy atom. The molecule has 2 aromatic heterocycles. The highest BCUT2D eigenvalue weighted by atomic mass is 16.1. The summed E-state index contributed by atoms with van der Waals surface area (Å²) in [6.07, 6.45) is 3.79. The van der Waals surface area contributed by atoms with Gasteiger partial charge in [0.25, 0.3) is 5.91 Å². The summed E-state index contributed by atoms with van der Waals surface area (Å²) in [5, 5.41) is 4.06. The van der Waals surface area contributed by atoms with Crippen LogP contribution in [0.5, 0.6) is 0 Å². The fourth-order valence-electron chi connectivity index (χ4n) is 1.75. The summed E-state index contributed by atoms with van der Waals surface area (Å²) in [5.74, 6) is 7.01. The van der Waals surface area contributed by atoms with E-state index in [0.717, 1.165) is 18.7 Å². The molecule has 0 bridgehead atoms. The fraction of sp³-hybridized carbons (Fsp3) is 0.273. The molecule has 0 radical (unpaired) electrons. The lowest BCUT2D eigenvalue weighted by Gasteiger charge is -2.06. The second-order valence-corrected chi connectivity index (χ2v) is 4.40. The summed E-state index contributed by atoms with van der Waals surface area (Å²) in [7, 11) is 0. The standard InChI is InChI=1S/C11H13N7O/c12-10(19)7-3-4-18(17-7)9-5-8(16-13)14-11(15-9)6-1-2-6/h3-6H,1-2,13H2,(H2,12,19)(H,14,15,16). The van der Waals surface area contributed by atoms with Gasteiger partial charge in [0.1, 0.15) is 17.3 Å². The summed E-state index contributed by atoms with van der Waals surface area (Å²) >= 11 is 0. The first-order valence-electron chi connectivity index (χ1n) is 5.89. The van der Waals surface area contributed by atoms with Crippen molar-refractivity contribution in [1.82, 2.24) is 19.7 Å². The van der Waals surface area contributed by atoms with Gasteiger partial charge in [-0.2, -0.15) is 5.10 Å². The predicted octanol–water partition coefficient (Wildman–Crippen LogP) is -0.0758. The van der Waals surface area contributed by atoms with E-state index in [0.29, 0.717) is 17.6 Å². The van der Waals surface area contributed by atoms with Gasteiger partial charge in [-0.05, 0) is 18.9 Å². The molecule has 0 unspecified atom stereocenters. The Morgan fingerprint density at radius 1 is 1.42 bits per heavy atom. The topological polar surface area (TPSA) is 125 Å². The number of rotatable bonds is 4. The quantitative estimate of drug-likeness (QED) is 0.521. The molecule has 1 aliphatic rings. The van der Waals surface area contributed by atoms with Gasteiger partial charge in [-0.3, -0.25) is 4.79 Å². The number of carbonyl (C=O) groups excluding carboxylic acids is 1. The summed E-state index contributed by atoms with van der Waals surface area (Å²) < 4.78 is 1.48. The minimum atomic E-state index is -0.576. The van der Waals surface area contributed by atoms with Crippen LogP contribution in [0, 0.1) is 0 Å². The van der Waals surface area contributed by atoms with Gasteiger partial charge in [0.15, 0.2) is 5.82 Å². The van der Waals surface area contributed by atoms with Gasteiger partial charge < -0.3 is 11.2 Å². The zero-order chi connectivity index (χ0) is 13.4. The highest BCUT2D eigenvalue weighted by Gasteiger charge is 2.27. The molecule has 0 aromatic carbocycles. The lowest BCUT2D eigenvalue weighted by Crippen LogP contribution is -2.14. The zero-order valence-corrected chi connectivity index (χ0v) is 10.1. The third kappa shape index (κ3) is 2.25. The van der Waals surface area contributed by atoms with Crippen LogP contribution in [0.1, 0.15) is 35.1 Å². The van der Waals surface area contributed by atoms with E-state index in [1.807, 2.05) is 0 Å². The molecule has 1 fully saturated rings. The van der Waals surface area contributed by atoms with Crippen LogP contribution >= 0.6 is 0 Å². The maximum Gasteiger partial charge on any atom is 0.269 e. The van der Waals surface area contributed by atoms with Crippen LogP contribution in [0.15, 0.2) is 18.3 Å². The van der Waals surface area contributed by atoms with Crippen LogP contribution in [-0.4, -0.2) is 25.7 Å². The number of carbonyl (C=O) groups is 1. The Morgan fingerprint density at radius 2 is 2.21 bits per heavy atom. The van der Waals surface area contributed by atoms with Crippen molar-refractivity contribution in [3.63, 3.8) is 0 Å². The molecule has 19 heavy (non-hydrogen) atoms. The number of aromatic nitrogens is 4. The molecular formula is C11H13N7O. The van der Waals surface area contributed by atoms with Crippen LogP contribution in [0.3, 0.4) is 0 Å². The highest BCUT2D eigenvalue weighted by Crippen LogP contribution is 2.38. The molecule has 8 heteroatoms. The number of hydrogen-bond acceptors (Lipinski definition) is 6. The van der Waals surface area contributed by atoms with E-state index in [-0.39, 0.29) is 5.69 Å². The molecule has 0 aliphatic heterocycles. The third-order valence-electron chi connectivity index (χ3n) is 2.90. The van der Waals surface area contributed by atoms with Gasteiger partial charge in [0.2, 0.25) is 0 Å². The lowest BCUT2D eigenvalue weighted by molar-refractivity contribution is 0.0995. The van der Waals surface area contributed by atoms with Crippen molar-refractivity contribution in [1.29, 1.82) is 0 Å². The van der Waals surface area contributed by atoms with E-state index in [1.54, 1.807) is 12.3 Å². The number of hydrogen-bond donors (Lipinski definition) is 3. The smallest absolute Gasteiger partial charge is 0.269 e. The number of primary amides is 1. The Hall–Kier alpha value is -2.48. The van der Waals surface area contributed by atoms with Gasteiger partial charge in [-0.1, -0.05) is 0 Å². The van der Waals surface area contributed by atoms with E-state index in [2.05, 4.69) is 20.5 Å². The first-order valence-corrected chi connectivity index (χ1v) is 5.89. The molecule has 0 spiro atoms. The van der Waals surface area contributed by atoms with Crippen LogP contribution in [0.2, 0.25) is 0 Å². The largest absolute Gasteiger partial charge is 0.364 e. The van der Waals surface area contributed by atoms with Crippen molar-refractivity contribution in [2.75, 3.05) is 5.43 Å². The number of nitrogens with one attached hydrogen (secondary N) is 1. The van der Waals surface area contributed by atoms with Crippen molar-refractivity contribution < 1.29 is 4.79 Å². The summed E-state index contributed by atoms with van der Waals surface area (Å²) in [5.41, 5.74) is 7.86. The van der Waals surface area contributed by atoms with Crippen molar-refractivity contribution in [3.8, 4) is 5.82 Å². The molecule has 5 N–H and O–H groups in total. The molecule has 2 aromatic rings. The molecule has 2 heterocycles. The van der Waals surface area contributed by atoms with Gasteiger partial charge in [0, 0.05) is 18.2 Å². The molecule has 1 amide bonds. The lowest BCUT2D eigenvalue weighted by atomic mass is 10.4. The maximum atomic E-state index is 11.0. The summed E-state index contributed by atoms with van der Waals surface area (Å²) in [6, 6.07) is 3.19. The predicted molar refractivity (Wildman–Crippen MR) is 67.5 cm³/mol. The van der Waals surface area contributed by atoms with E-state index in [9.17, 15) is 4.79 Å². The van der Waals surface area contributed by atoms with E-state index < -0.39 is 5.91 Å². The molecule has 8 nitrogen and oxygen atoms in total. The molecule has 98 valence electrons. The number of hydrazine groups is 1. The highest BCUT2D eigenvalue weighted by molar-refractivity contribution is 5.90. The van der Waals surface area contributed by atoms with Crippen LogP contribution in [0.4, 0.5) is 5.82 Å². The average Bonchev–Trinajstić information content (AvgIpc) is 3.14. The monoisotopic (exact) mass is 259 g/mol. The van der Waals surface area contributed by atoms with Gasteiger partial charge >= 0.3 is 0 Å². The van der Waals surface area contributed by atoms with Gasteiger partial charge in [-0.25, -0.2) is 20.5 Å². The van der Waals surface area contributed by atoms with Crippen LogP contribution in [0.25, 0.3) is 5.82 Å². The number of anilines is 1. The number of nitrogen functional groups attached to an aromatic ring is 1. The van der Waals surface area contributed by atoms with E-state index in [1.165, 1.54) is 10.7 Å². The molecule has 1 saturated carbocycles. The van der Waals surface area contributed by atoms with Crippen molar-refractivity contribution in [2.45, 2.75) is 18.8 Å². The van der Waals surface area contributed by atoms with E-state index >= 15 is 0 Å². The first-order chi connectivity index (χ1) is 9.17. The second-order valence-electron chi connectivity index (χ2n) is 4.40. The minimum Gasteiger partial charge on any atom is -0.364 e. The Balaban J connectivity index is 2.02. The second kappa shape index (κ2) is 4.32. The van der Waals surface area contributed by atoms with E-state index in [4.69, 9.17) is 11.6 Å².